The van der Waals surface area contributed by atoms with Crippen molar-refractivity contribution in [2.45, 2.75) is 19.3 Å². The number of nitrogens with one attached hydrogen (secondary N) is 1. The van der Waals surface area contributed by atoms with Crippen LogP contribution in [0.5, 0.6) is 0 Å². The summed E-state index contributed by atoms with van der Waals surface area (Å²) in [4.78, 5) is 11.9. The minimum absolute atomic E-state index is 0.260. The molecule has 2 aromatic carbocycles. The Labute approximate surface area is 113 Å². The first-order chi connectivity index (χ1) is 9.33. The Hall–Kier alpha value is -2.09. The minimum Gasteiger partial charge on any atom is -0.384 e. The summed E-state index contributed by atoms with van der Waals surface area (Å²) in [5.41, 5.74) is 4.42. The van der Waals surface area contributed by atoms with Crippen LogP contribution in [0.25, 0.3) is 0 Å². The van der Waals surface area contributed by atoms with E-state index in [0.29, 0.717) is 6.42 Å². The molecule has 0 bridgehead atoms. The van der Waals surface area contributed by atoms with Gasteiger partial charge in [0.1, 0.15) is 0 Å². The molecule has 0 saturated carbocycles. The molecule has 0 unspecified atom stereocenters. The topological polar surface area (TPSA) is 29.1 Å². The molecule has 1 N–H and O–H groups in total. The molecule has 1 aliphatic rings. The van der Waals surface area contributed by atoms with E-state index >= 15 is 0 Å². The van der Waals surface area contributed by atoms with E-state index in [4.69, 9.17) is 0 Å². The zero-order valence-corrected chi connectivity index (χ0v) is 10.9. The van der Waals surface area contributed by atoms with Gasteiger partial charge in [-0.3, -0.25) is 4.79 Å². The zero-order valence-electron chi connectivity index (χ0n) is 10.9. The zero-order chi connectivity index (χ0) is 13.1. The number of fused-ring (bicyclic) bond motifs is 1. The highest BCUT2D eigenvalue weighted by molar-refractivity contribution is 6.03. The van der Waals surface area contributed by atoms with Gasteiger partial charge in [0.2, 0.25) is 0 Å². The molecule has 0 spiro atoms. The molecule has 19 heavy (non-hydrogen) atoms. The molecule has 3 rings (SSSR count). The van der Waals surface area contributed by atoms with Crippen LogP contribution in [0, 0.1) is 0 Å². The van der Waals surface area contributed by atoms with Gasteiger partial charge in [0.15, 0.2) is 5.78 Å². The van der Waals surface area contributed by atoms with Crippen LogP contribution < -0.4 is 5.32 Å². The first-order valence-electron chi connectivity index (χ1n) is 6.77. The van der Waals surface area contributed by atoms with E-state index in [1.165, 1.54) is 11.1 Å². The average molecular weight is 251 g/mol. The normalized spacial score (nSPS) is 13.8. The smallest absolute Gasteiger partial charge is 0.166 e. The summed E-state index contributed by atoms with van der Waals surface area (Å²) in [7, 11) is 0. The molecule has 2 aromatic rings. The number of benzene rings is 2. The van der Waals surface area contributed by atoms with E-state index in [1.54, 1.807) is 0 Å². The molecule has 0 fully saturated rings. The van der Waals surface area contributed by atoms with Gasteiger partial charge in [-0.25, -0.2) is 0 Å². The number of carbonyl (C=O) groups is 1. The molecule has 2 nitrogen and oxygen atoms in total. The fraction of sp³-hybridized carbons (Fsp3) is 0.235. The van der Waals surface area contributed by atoms with Gasteiger partial charge in [0.05, 0.1) is 0 Å². The van der Waals surface area contributed by atoms with Crippen LogP contribution in [0.15, 0.2) is 48.5 Å². The van der Waals surface area contributed by atoms with E-state index in [0.717, 1.165) is 30.6 Å². The number of aryl methyl sites for hydroxylation is 2. The van der Waals surface area contributed by atoms with Crippen molar-refractivity contribution in [1.29, 1.82) is 0 Å². The molecule has 0 aliphatic carbocycles. The Morgan fingerprint density at radius 3 is 2.58 bits per heavy atom. The van der Waals surface area contributed by atoms with Crippen LogP contribution in [0.2, 0.25) is 0 Å². The second-order valence-corrected chi connectivity index (χ2v) is 4.97. The SMILES string of the molecule is O=C1CCNc2ccc(CCc3ccccc3)cc21. The summed E-state index contributed by atoms with van der Waals surface area (Å²) in [6.07, 6.45) is 2.60. The molecule has 0 atom stereocenters. The molecule has 0 radical (unpaired) electrons. The van der Waals surface area contributed by atoms with Gasteiger partial charge < -0.3 is 5.32 Å². The van der Waals surface area contributed by atoms with Crippen LogP contribution in [0.1, 0.15) is 27.9 Å². The highest BCUT2D eigenvalue weighted by Crippen LogP contribution is 2.23. The first kappa shape index (κ1) is 12.0. The Morgan fingerprint density at radius 1 is 0.947 bits per heavy atom. The fourth-order valence-electron chi connectivity index (χ4n) is 2.51. The standard InChI is InChI=1S/C17H17NO/c19-17-10-11-18-16-9-8-14(12-15(16)17)7-6-13-4-2-1-3-5-13/h1-5,8-9,12,18H,6-7,10-11H2. The van der Waals surface area contributed by atoms with Crippen LogP contribution in [-0.4, -0.2) is 12.3 Å². The number of rotatable bonds is 3. The lowest BCUT2D eigenvalue weighted by Gasteiger charge is -2.17. The maximum Gasteiger partial charge on any atom is 0.166 e. The number of hydrogen-bond donors (Lipinski definition) is 1. The summed E-state index contributed by atoms with van der Waals surface area (Å²) >= 11 is 0. The highest BCUT2D eigenvalue weighted by atomic mass is 16.1. The van der Waals surface area contributed by atoms with Gasteiger partial charge in [0.25, 0.3) is 0 Å². The number of ketones is 1. The van der Waals surface area contributed by atoms with E-state index in [1.807, 2.05) is 18.2 Å². The van der Waals surface area contributed by atoms with Crippen LogP contribution in [-0.2, 0) is 12.8 Å². The van der Waals surface area contributed by atoms with Gasteiger partial charge in [-0.1, -0.05) is 36.4 Å². The van der Waals surface area contributed by atoms with Crippen molar-refractivity contribution >= 4 is 11.5 Å². The lowest BCUT2D eigenvalue weighted by molar-refractivity contribution is 0.0983. The monoisotopic (exact) mass is 251 g/mol. The molecule has 96 valence electrons. The predicted molar refractivity (Wildman–Crippen MR) is 77.7 cm³/mol. The van der Waals surface area contributed by atoms with Gasteiger partial charge in [-0.2, -0.15) is 0 Å². The van der Waals surface area contributed by atoms with E-state index in [-0.39, 0.29) is 5.78 Å². The van der Waals surface area contributed by atoms with Crippen molar-refractivity contribution in [2.75, 3.05) is 11.9 Å². The van der Waals surface area contributed by atoms with Gasteiger partial charge >= 0.3 is 0 Å². The molecule has 2 heteroatoms. The van der Waals surface area contributed by atoms with Crippen LogP contribution in [0.4, 0.5) is 5.69 Å². The molecule has 0 amide bonds. The highest BCUT2D eigenvalue weighted by Gasteiger charge is 2.16. The Balaban J connectivity index is 1.75. The number of carbonyl (C=O) groups excluding carboxylic acids is 1. The first-order valence-corrected chi connectivity index (χ1v) is 6.77. The average Bonchev–Trinajstić information content (AvgIpc) is 2.47. The lowest BCUT2D eigenvalue weighted by atomic mass is 9.97. The predicted octanol–water partition coefficient (Wildman–Crippen LogP) is 3.47. The molecular weight excluding hydrogens is 234 g/mol. The quantitative estimate of drug-likeness (QED) is 0.905. The Kier molecular flexibility index (Phi) is 3.32. The summed E-state index contributed by atoms with van der Waals surface area (Å²) in [5, 5.41) is 3.27. The Bertz CT molecular complexity index is 589. The van der Waals surface area contributed by atoms with Crippen molar-refractivity contribution in [3.05, 3.63) is 65.2 Å². The van der Waals surface area contributed by atoms with Crippen molar-refractivity contribution in [3.8, 4) is 0 Å². The van der Waals surface area contributed by atoms with Crippen molar-refractivity contribution in [2.24, 2.45) is 0 Å². The minimum atomic E-state index is 0.260. The molecular formula is C17H17NO. The fourth-order valence-corrected chi connectivity index (χ4v) is 2.51. The lowest BCUT2D eigenvalue weighted by Crippen LogP contribution is -2.18. The van der Waals surface area contributed by atoms with Crippen molar-refractivity contribution in [3.63, 3.8) is 0 Å². The molecule has 0 saturated heterocycles. The Morgan fingerprint density at radius 2 is 1.74 bits per heavy atom. The van der Waals surface area contributed by atoms with E-state index < -0.39 is 0 Å². The maximum absolute atomic E-state index is 11.9. The van der Waals surface area contributed by atoms with Crippen molar-refractivity contribution < 1.29 is 4.79 Å². The third-order valence-electron chi connectivity index (χ3n) is 3.60. The third kappa shape index (κ3) is 2.68. The summed E-state index contributed by atoms with van der Waals surface area (Å²) < 4.78 is 0. The largest absolute Gasteiger partial charge is 0.384 e. The van der Waals surface area contributed by atoms with Crippen LogP contribution in [0.3, 0.4) is 0 Å². The molecule has 1 aliphatic heterocycles. The number of Topliss-reactive ketones (excluding diaryl/α,β-unsaturated/α-hetero) is 1. The summed E-state index contributed by atoms with van der Waals surface area (Å²) in [5.74, 6) is 0.260. The maximum atomic E-state index is 11.9. The second kappa shape index (κ2) is 5.27. The van der Waals surface area contributed by atoms with Gasteiger partial charge in [0, 0.05) is 24.2 Å². The molecule has 0 aromatic heterocycles. The number of anilines is 1. The van der Waals surface area contributed by atoms with Crippen LogP contribution >= 0.6 is 0 Å². The number of hydrogen-bond acceptors (Lipinski definition) is 2. The second-order valence-electron chi connectivity index (χ2n) is 4.97. The summed E-state index contributed by atoms with van der Waals surface area (Å²) in [6, 6.07) is 16.7. The van der Waals surface area contributed by atoms with Gasteiger partial charge in [-0.05, 0) is 36.1 Å². The summed E-state index contributed by atoms with van der Waals surface area (Å²) in [6.45, 7) is 0.759. The van der Waals surface area contributed by atoms with Crippen molar-refractivity contribution in [1.82, 2.24) is 0 Å². The third-order valence-corrected chi connectivity index (χ3v) is 3.60. The van der Waals surface area contributed by atoms with E-state index in [2.05, 4.69) is 35.6 Å². The molecule has 1 heterocycles. The van der Waals surface area contributed by atoms with E-state index in [9.17, 15) is 4.79 Å². The van der Waals surface area contributed by atoms with Gasteiger partial charge in [-0.15, -0.1) is 0 Å².